The van der Waals surface area contributed by atoms with Gasteiger partial charge in [0.1, 0.15) is 5.82 Å². The molecular formula is C15H23ClFN. The number of halogens is 2. The molecule has 0 spiro atoms. The largest absolute Gasteiger partial charge is 0.324 e. The van der Waals surface area contributed by atoms with E-state index >= 15 is 0 Å². The number of hydrogen-bond donors (Lipinski definition) is 1. The number of hydrogen-bond acceptors (Lipinski definition) is 1. The molecule has 18 heavy (non-hydrogen) atoms. The van der Waals surface area contributed by atoms with E-state index in [0.29, 0.717) is 10.6 Å². The van der Waals surface area contributed by atoms with Crippen molar-refractivity contribution >= 4 is 11.6 Å². The first-order valence-corrected chi connectivity index (χ1v) is 7.23. The highest BCUT2D eigenvalue weighted by molar-refractivity contribution is 6.30. The second-order valence-corrected chi connectivity index (χ2v) is 5.27. The Bertz CT molecular complexity index is 354. The van der Waals surface area contributed by atoms with Gasteiger partial charge in [-0.3, -0.25) is 0 Å². The maximum atomic E-state index is 13.6. The van der Waals surface area contributed by atoms with Gasteiger partial charge in [-0.15, -0.1) is 0 Å². The van der Waals surface area contributed by atoms with Crippen molar-refractivity contribution in [3.8, 4) is 0 Å². The minimum atomic E-state index is -0.291. The Labute approximate surface area is 115 Å². The molecule has 0 aliphatic heterocycles. The van der Waals surface area contributed by atoms with Gasteiger partial charge in [0.25, 0.3) is 0 Å². The van der Waals surface area contributed by atoms with Crippen LogP contribution in [0.4, 0.5) is 4.39 Å². The van der Waals surface area contributed by atoms with Crippen LogP contribution in [0, 0.1) is 5.82 Å². The Kier molecular flexibility index (Phi) is 7.29. The van der Waals surface area contributed by atoms with E-state index in [1.807, 2.05) is 0 Å². The molecule has 102 valence electrons. The van der Waals surface area contributed by atoms with Crippen LogP contribution < -0.4 is 5.73 Å². The quantitative estimate of drug-likeness (QED) is 0.644. The Morgan fingerprint density at radius 3 is 2.50 bits per heavy atom. The number of nitrogens with two attached hydrogens (primary N) is 1. The zero-order valence-electron chi connectivity index (χ0n) is 11.1. The van der Waals surface area contributed by atoms with E-state index in [2.05, 4.69) is 6.92 Å². The van der Waals surface area contributed by atoms with E-state index < -0.39 is 0 Å². The van der Waals surface area contributed by atoms with Crippen molar-refractivity contribution < 1.29 is 4.39 Å². The molecule has 0 radical (unpaired) electrons. The van der Waals surface area contributed by atoms with Gasteiger partial charge in [-0.25, -0.2) is 4.39 Å². The molecule has 0 aliphatic carbocycles. The molecule has 1 atom stereocenters. The van der Waals surface area contributed by atoms with Crippen LogP contribution in [-0.2, 0) is 0 Å². The fourth-order valence-corrected chi connectivity index (χ4v) is 2.26. The van der Waals surface area contributed by atoms with Crippen molar-refractivity contribution in [3.63, 3.8) is 0 Å². The monoisotopic (exact) mass is 271 g/mol. The number of unbranched alkanes of at least 4 members (excludes halogenated alkanes) is 5. The Morgan fingerprint density at radius 1 is 1.17 bits per heavy atom. The molecule has 0 saturated heterocycles. The smallest absolute Gasteiger partial charge is 0.129 e. The third-order valence-corrected chi connectivity index (χ3v) is 3.47. The van der Waals surface area contributed by atoms with Crippen LogP contribution in [0.3, 0.4) is 0 Å². The fraction of sp³-hybridized carbons (Fsp3) is 0.600. The summed E-state index contributed by atoms with van der Waals surface area (Å²) in [4.78, 5) is 0. The summed E-state index contributed by atoms with van der Waals surface area (Å²) in [5.74, 6) is -0.291. The van der Waals surface area contributed by atoms with Gasteiger partial charge in [0.2, 0.25) is 0 Å². The van der Waals surface area contributed by atoms with Gasteiger partial charge in [0.15, 0.2) is 0 Å². The molecule has 0 amide bonds. The van der Waals surface area contributed by atoms with Crippen molar-refractivity contribution in [2.45, 2.75) is 57.9 Å². The summed E-state index contributed by atoms with van der Waals surface area (Å²) in [7, 11) is 0. The molecular weight excluding hydrogens is 249 g/mol. The van der Waals surface area contributed by atoms with Crippen LogP contribution in [-0.4, -0.2) is 0 Å². The fourth-order valence-electron chi connectivity index (χ4n) is 2.10. The van der Waals surface area contributed by atoms with E-state index in [-0.39, 0.29) is 11.9 Å². The number of benzene rings is 1. The zero-order valence-corrected chi connectivity index (χ0v) is 11.8. The predicted molar refractivity (Wildman–Crippen MR) is 76.3 cm³/mol. The molecule has 0 saturated carbocycles. The molecule has 0 heterocycles. The van der Waals surface area contributed by atoms with Crippen molar-refractivity contribution in [3.05, 3.63) is 34.6 Å². The lowest BCUT2D eigenvalue weighted by Crippen LogP contribution is -2.12. The maximum Gasteiger partial charge on any atom is 0.129 e. The second-order valence-electron chi connectivity index (χ2n) is 4.83. The molecule has 1 rings (SSSR count). The molecule has 0 bridgehead atoms. The van der Waals surface area contributed by atoms with E-state index in [1.54, 1.807) is 12.1 Å². The summed E-state index contributed by atoms with van der Waals surface area (Å²) in [5.41, 5.74) is 6.58. The molecule has 1 nitrogen and oxygen atoms in total. The average Bonchev–Trinajstić information content (AvgIpc) is 2.33. The van der Waals surface area contributed by atoms with Crippen LogP contribution in [0.25, 0.3) is 0 Å². The predicted octanol–water partition coefficient (Wildman–Crippen LogP) is 5.23. The molecule has 0 aromatic heterocycles. The lowest BCUT2D eigenvalue weighted by Gasteiger charge is -2.13. The first kappa shape index (κ1) is 15.5. The van der Waals surface area contributed by atoms with Crippen molar-refractivity contribution in [2.24, 2.45) is 5.73 Å². The molecule has 1 aromatic carbocycles. The van der Waals surface area contributed by atoms with Gasteiger partial charge >= 0.3 is 0 Å². The molecule has 0 fully saturated rings. The van der Waals surface area contributed by atoms with E-state index in [0.717, 1.165) is 12.8 Å². The van der Waals surface area contributed by atoms with Gasteiger partial charge in [0.05, 0.1) is 0 Å². The molecule has 1 aromatic rings. The Morgan fingerprint density at radius 2 is 1.83 bits per heavy atom. The summed E-state index contributed by atoms with van der Waals surface area (Å²) in [6.07, 6.45) is 8.19. The average molecular weight is 272 g/mol. The van der Waals surface area contributed by atoms with Crippen LogP contribution >= 0.6 is 11.6 Å². The Hall–Kier alpha value is -0.600. The van der Waals surface area contributed by atoms with Gasteiger partial charge in [-0.1, -0.05) is 63.1 Å². The third kappa shape index (κ3) is 5.36. The van der Waals surface area contributed by atoms with Gasteiger partial charge in [-0.2, -0.15) is 0 Å². The Balaban J connectivity index is 2.29. The minimum absolute atomic E-state index is 0.214. The van der Waals surface area contributed by atoms with Gasteiger partial charge in [-0.05, 0) is 18.6 Å². The van der Waals surface area contributed by atoms with E-state index in [1.165, 1.54) is 38.2 Å². The van der Waals surface area contributed by atoms with Crippen LogP contribution in [0.2, 0.25) is 5.02 Å². The molecule has 3 heteroatoms. The van der Waals surface area contributed by atoms with Crippen LogP contribution in [0.5, 0.6) is 0 Å². The van der Waals surface area contributed by atoms with E-state index in [9.17, 15) is 4.39 Å². The normalized spacial score (nSPS) is 12.7. The lowest BCUT2D eigenvalue weighted by molar-refractivity contribution is 0.523. The summed E-state index contributed by atoms with van der Waals surface area (Å²) >= 11 is 5.72. The van der Waals surface area contributed by atoms with Gasteiger partial charge in [0, 0.05) is 16.6 Å². The van der Waals surface area contributed by atoms with E-state index in [4.69, 9.17) is 17.3 Å². The molecule has 0 aliphatic rings. The summed E-state index contributed by atoms with van der Waals surface area (Å²) < 4.78 is 13.6. The topological polar surface area (TPSA) is 26.0 Å². The number of rotatable bonds is 8. The highest BCUT2D eigenvalue weighted by atomic mass is 35.5. The maximum absolute atomic E-state index is 13.6. The first-order valence-electron chi connectivity index (χ1n) is 6.85. The summed E-state index contributed by atoms with van der Waals surface area (Å²) in [5, 5.41) is 0.419. The van der Waals surface area contributed by atoms with Crippen molar-refractivity contribution in [1.29, 1.82) is 0 Å². The van der Waals surface area contributed by atoms with Crippen molar-refractivity contribution in [2.75, 3.05) is 0 Å². The zero-order chi connectivity index (χ0) is 13.4. The summed E-state index contributed by atoms with van der Waals surface area (Å²) in [6.45, 7) is 2.21. The van der Waals surface area contributed by atoms with Crippen molar-refractivity contribution in [1.82, 2.24) is 0 Å². The summed E-state index contributed by atoms with van der Waals surface area (Å²) in [6, 6.07) is 4.51. The third-order valence-electron chi connectivity index (χ3n) is 3.23. The van der Waals surface area contributed by atoms with Gasteiger partial charge < -0.3 is 5.73 Å². The highest BCUT2D eigenvalue weighted by Crippen LogP contribution is 2.23. The highest BCUT2D eigenvalue weighted by Gasteiger charge is 2.11. The second kappa shape index (κ2) is 8.49. The minimum Gasteiger partial charge on any atom is -0.324 e. The molecule has 1 unspecified atom stereocenters. The van der Waals surface area contributed by atoms with Crippen LogP contribution in [0.15, 0.2) is 18.2 Å². The molecule has 2 N–H and O–H groups in total. The SMILES string of the molecule is CCCCCCCCC(N)c1ccc(Cl)cc1F. The van der Waals surface area contributed by atoms with Crippen LogP contribution in [0.1, 0.15) is 63.5 Å². The lowest BCUT2D eigenvalue weighted by atomic mass is 10.00. The standard InChI is InChI=1S/C15H23ClFN/c1-2-3-4-5-6-7-8-15(18)13-10-9-12(16)11-14(13)17/h9-11,15H,2-8,18H2,1H3. The first-order chi connectivity index (χ1) is 8.65.